The number of rotatable bonds is 9. The maximum atomic E-state index is 13.5. The van der Waals surface area contributed by atoms with E-state index in [9.17, 15) is 14.0 Å². The zero-order valence-corrected chi connectivity index (χ0v) is 20.6. The number of benzene rings is 3. The summed E-state index contributed by atoms with van der Waals surface area (Å²) in [5, 5.41) is 10.3. The average molecular weight is 502 g/mol. The molecule has 1 aromatic heterocycles. The van der Waals surface area contributed by atoms with Gasteiger partial charge in [0.05, 0.1) is 18.0 Å². The lowest BCUT2D eigenvalue weighted by Crippen LogP contribution is -2.42. The highest BCUT2D eigenvalue weighted by molar-refractivity contribution is 5.97. The van der Waals surface area contributed by atoms with Gasteiger partial charge in [-0.05, 0) is 43.3 Å². The van der Waals surface area contributed by atoms with Gasteiger partial charge in [-0.15, -0.1) is 0 Å². The number of carbonyl (C=O) groups is 2. The fraction of sp³-hybridized carbons (Fsp3) is 0.179. The topological polar surface area (TPSA) is 88.5 Å². The molecule has 8 nitrogen and oxygen atoms in total. The molecule has 0 atom stereocenters. The minimum Gasteiger partial charge on any atom is -0.383 e. The second-order valence-electron chi connectivity index (χ2n) is 8.43. The van der Waals surface area contributed by atoms with Crippen LogP contribution in [0.5, 0.6) is 0 Å². The average Bonchev–Trinajstić information content (AvgIpc) is 3.32. The first-order valence-electron chi connectivity index (χ1n) is 11.8. The Morgan fingerprint density at radius 1 is 0.973 bits per heavy atom. The highest BCUT2D eigenvalue weighted by Crippen LogP contribution is 2.25. The summed E-state index contributed by atoms with van der Waals surface area (Å²) in [5.41, 5.74) is 3.76. The van der Waals surface area contributed by atoms with Crippen molar-refractivity contribution in [1.29, 1.82) is 0 Å². The fourth-order valence-corrected chi connectivity index (χ4v) is 3.65. The first kappa shape index (κ1) is 25.6. The number of urea groups is 1. The summed E-state index contributed by atoms with van der Waals surface area (Å²) in [6.45, 7) is 2.23. The van der Waals surface area contributed by atoms with Crippen molar-refractivity contribution in [2.24, 2.45) is 0 Å². The molecule has 0 aliphatic heterocycles. The van der Waals surface area contributed by atoms with Crippen LogP contribution in [0.4, 0.5) is 20.7 Å². The van der Waals surface area contributed by atoms with E-state index in [0.717, 1.165) is 11.1 Å². The lowest BCUT2D eigenvalue weighted by molar-refractivity contribution is -0.116. The Hall–Kier alpha value is -4.50. The number of anilines is 2. The molecule has 0 radical (unpaired) electrons. The third-order valence-corrected chi connectivity index (χ3v) is 5.61. The van der Waals surface area contributed by atoms with E-state index in [1.165, 1.54) is 28.8 Å². The number of ether oxygens (including phenoxy) is 1. The molecule has 2 N–H and O–H groups in total. The summed E-state index contributed by atoms with van der Waals surface area (Å²) < 4.78 is 20.2. The zero-order chi connectivity index (χ0) is 26.2. The first-order valence-corrected chi connectivity index (χ1v) is 11.8. The van der Waals surface area contributed by atoms with Crippen molar-refractivity contribution in [2.45, 2.75) is 6.92 Å². The SMILES string of the molecule is COCCN(CC(=O)Nc1cc(-c2ccccc2)nn1-c1ccc(F)cc1)C(=O)Nc1ccc(C)cc1. The molecule has 4 aromatic rings. The molecule has 0 bridgehead atoms. The molecule has 1 heterocycles. The van der Waals surface area contributed by atoms with Gasteiger partial charge in [-0.1, -0.05) is 48.0 Å². The third-order valence-electron chi connectivity index (χ3n) is 5.61. The summed E-state index contributed by atoms with van der Waals surface area (Å²) >= 11 is 0. The standard InChI is InChI=1S/C28H28FN5O3/c1-20-8-12-23(13-9-20)30-28(36)33(16-17-37-2)19-27(35)31-26-18-25(21-6-4-3-5-7-21)32-34(26)24-14-10-22(29)11-15-24/h3-15,18H,16-17,19H2,1-2H3,(H,30,36)(H,31,35). The van der Waals surface area contributed by atoms with E-state index in [-0.39, 0.29) is 25.5 Å². The molecule has 0 saturated carbocycles. The molecule has 37 heavy (non-hydrogen) atoms. The van der Waals surface area contributed by atoms with Gasteiger partial charge in [-0.2, -0.15) is 5.10 Å². The smallest absolute Gasteiger partial charge is 0.322 e. The lowest BCUT2D eigenvalue weighted by Gasteiger charge is -2.22. The van der Waals surface area contributed by atoms with E-state index in [0.29, 0.717) is 22.9 Å². The number of aryl methyl sites for hydroxylation is 1. The van der Waals surface area contributed by atoms with Crippen LogP contribution in [-0.4, -0.2) is 53.4 Å². The minimum atomic E-state index is -0.423. The number of aromatic nitrogens is 2. The quantitative estimate of drug-likeness (QED) is 0.334. The predicted octanol–water partition coefficient (Wildman–Crippen LogP) is 5.11. The number of methoxy groups -OCH3 is 1. The molecule has 0 aliphatic carbocycles. The van der Waals surface area contributed by atoms with E-state index in [1.807, 2.05) is 49.4 Å². The highest BCUT2D eigenvalue weighted by atomic mass is 19.1. The molecule has 0 fully saturated rings. The van der Waals surface area contributed by atoms with Crippen LogP contribution in [0.3, 0.4) is 0 Å². The van der Waals surface area contributed by atoms with Crippen LogP contribution in [0.1, 0.15) is 5.56 Å². The number of halogens is 1. The van der Waals surface area contributed by atoms with Gasteiger partial charge in [-0.3, -0.25) is 4.79 Å². The Kier molecular flexibility index (Phi) is 8.27. The van der Waals surface area contributed by atoms with E-state index in [2.05, 4.69) is 15.7 Å². The van der Waals surface area contributed by atoms with Gasteiger partial charge in [0.25, 0.3) is 0 Å². The Balaban J connectivity index is 1.54. The number of carbonyl (C=O) groups excluding carboxylic acids is 2. The lowest BCUT2D eigenvalue weighted by atomic mass is 10.1. The van der Waals surface area contributed by atoms with Crippen LogP contribution in [-0.2, 0) is 9.53 Å². The minimum absolute atomic E-state index is 0.212. The van der Waals surface area contributed by atoms with Crippen LogP contribution < -0.4 is 10.6 Å². The van der Waals surface area contributed by atoms with Gasteiger partial charge in [0.2, 0.25) is 5.91 Å². The van der Waals surface area contributed by atoms with Crippen molar-refractivity contribution < 1.29 is 18.7 Å². The van der Waals surface area contributed by atoms with E-state index in [4.69, 9.17) is 4.74 Å². The molecule has 3 aromatic carbocycles. The molecule has 190 valence electrons. The van der Waals surface area contributed by atoms with Gasteiger partial charge in [0.1, 0.15) is 18.2 Å². The van der Waals surface area contributed by atoms with E-state index in [1.54, 1.807) is 30.3 Å². The number of hydrogen-bond acceptors (Lipinski definition) is 4. The molecule has 0 unspecified atom stereocenters. The Morgan fingerprint density at radius 2 is 1.68 bits per heavy atom. The predicted molar refractivity (Wildman–Crippen MR) is 141 cm³/mol. The highest BCUT2D eigenvalue weighted by Gasteiger charge is 2.20. The van der Waals surface area contributed by atoms with Crippen molar-refractivity contribution in [3.05, 3.63) is 96.3 Å². The van der Waals surface area contributed by atoms with Crippen molar-refractivity contribution in [3.63, 3.8) is 0 Å². The largest absolute Gasteiger partial charge is 0.383 e. The van der Waals surface area contributed by atoms with Crippen LogP contribution in [0.25, 0.3) is 16.9 Å². The molecule has 3 amide bonds. The molecule has 9 heteroatoms. The number of hydrogen-bond donors (Lipinski definition) is 2. The van der Waals surface area contributed by atoms with Crippen LogP contribution in [0.2, 0.25) is 0 Å². The van der Waals surface area contributed by atoms with Gasteiger partial charge in [-0.25, -0.2) is 13.9 Å². The molecule has 0 aliphatic rings. The Bertz CT molecular complexity index is 1340. The van der Waals surface area contributed by atoms with Crippen molar-refractivity contribution in [2.75, 3.05) is 37.4 Å². The molecular formula is C28H28FN5O3. The second-order valence-corrected chi connectivity index (χ2v) is 8.43. The summed E-state index contributed by atoms with van der Waals surface area (Å²) in [5.74, 6) is -0.405. The first-order chi connectivity index (χ1) is 17.9. The van der Waals surface area contributed by atoms with Crippen LogP contribution >= 0.6 is 0 Å². The number of nitrogens with zero attached hydrogens (tertiary/aromatic N) is 3. The molecule has 0 saturated heterocycles. The normalized spacial score (nSPS) is 10.7. The van der Waals surface area contributed by atoms with Crippen molar-refractivity contribution >= 4 is 23.4 Å². The summed E-state index contributed by atoms with van der Waals surface area (Å²) in [6, 6.07) is 24.0. The Labute approximate surface area is 214 Å². The maximum absolute atomic E-state index is 13.5. The third kappa shape index (κ3) is 6.80. The molecular weight excluding hydrogens is 473 g/mol. The van der Waals surface area contributed by atoms with Crippen molar-refractivity contribution in [1.82, 2.24) is 14.7 Å². The number of nitrogens with one attached hydrogen (secondary N) is 2. The second kappa shape index (κ2) is 12.0. The maximum Gasteiger partial charge on any atom is 0.322 e. The summed E-state index contributed by atoms with van der Waals surface area (Å²) in [6.07, 6.45) is 0. The monoisotopic (exact) mass is 501 g/mol. The fourth-order valence-electron chi connectivity index (χ4n) is 3.65. The van der Waals surface area contributed by atoms with Crippen LogP contribution in [0, 0.1) is 12.7 Å². The van der Waals surface area contributed by atoms with Gasteiger partial charge < -0.3 is 20.3 Å². The van der Waals surface area contributed by atoms with Gasteiger partial charge >= 0.3 is 6.03 Å². The van der Waals surface area contributed by atoms with Gasteiger partial charge in [0.15, 0.2) is 0 Å². The Morgan fingerprint density at radius 3 is 2.35 bits per heavy atom. The van der Waals surface area contributed by atoms with Crippen molar-refractivity contribution in [3.8, 4) is 16.9 Å². The summed E-state index contributed by atoms with van der Waals surface area (Å²) in [4.78, 5) is 27.4. The number of amides is 3. The van der Waals surface area contributed by atoms with Crippen LogP contribution in [0.15, 0.2) is 84.9 Å². The molecule has 4 rings (SSSR count). The summed E-state index contributed by atoms with van der Waals surface area (Å²) in [7, 11) is 1.53. The van der Waals surface area contributed by atoms with E-state index < -0.39 is 11.9 Å². The van der Waals surface area contributed by atoms with Gasteiger partial charge in [0, 0.05) is 31.0 Å². The van der Waals surface area contributed by atoms with E-state index >= 15 is 0 Å². The zero-order valence-electron chi connectivity index (χ0n) is 20.6. The molecule has 0 spiro atoms.